The number of benzene rings is 2. The van der Waals surface area contributed by atoms with E-state index in [4.69, 9.17) is 0 Å². The van der Waals surface area contributed by atoms with Crippen LogP contribution >= 0.6 is 0 Å². The van der Waals surface area contributed by atoms with Gasteiger partial charge in [-0.15, -0.1) is 0 Å². The summed E-state index contributed by atoms with van der Waals surface area (Å²) in [5.41, 5.74) is 4.97. The summed E-state index contributed by atoms with van der Waals surface area (Å²) in [7, 11) is 0. The van der Waals surface area contributed by atoms with Crippen molar-refractivity contribution in [3.8, 4) is 0 Å². The molecule has 3 aromatic rings. The third kappa shape index (κ3) is 3.35. The lowest BCUT2D eigenvalue weighted by molar-refractivity contribution is 0.102. The van der Waals surface area contributed by atoms with E-state index in [9.17, 15) is 4.79 Å². The number of anilines is 1. The molecule has 0 bridgehead atoms. The molecule has 1 aromatic heterocycles. The molecule has 0 saturated carbocycles. The summed E-state index contributed by atoms with van der Waals surface area (Å²) in [5.74, 6) is 0.428. The van der Waals surface area contributed by atoms with Gasteiger partial charge in [0.1, 0.15) is 5.69 Å². The number of fused-ring (bicyclic) bond motifs is 1. The van der Waals surface area contributed by atoms with E-state index >= 15 is 0 Å². The molecule has 24 heavy (non-hydrogen) atoms. The average Bonchev–Trinajstić information content (AvgIpc) is 3.05. The summed E-state index contributed by atoms with van der Waals surface area (Å²) >= 11 is 0. The molecule has 1 unspecified atom stereocenters. The number of carbonyl (C=O) groups excluding carboxylic acids is 1. The van der Waals surface area contributed by atoms with Crippen molar-refractivity contribution in [2.24, 2.45) is 0 Å². The summed E-state index contributed by atoms with van der Waals surface area (Å²) in [6.45, 7) is 6.52. The fourth-order valence-corrected chi connectivity index (χ4v) is 2.85. The first kappa shape index (κ1) is 16.3. The highest BCUT2D eigenvalue weighted by atomic mass is 16.1. The van der Waals surface area contributed by atoms with Crippen molar-refractivity contribution in [1.29, 1.82) is 0 Å². The second kappa shape index (κ2) is 6.91. The second-order valence-corrected chi connectivity index (χ2v) is 6.34. The topological polar surface area (TPSA) is 44.9 Å². The fraction of sp³-hybridized carbons (Fsp3) is 0.286. The van der Waals surface area contributed by atoms with Gasteiger partial charge in [0.25, 0.3) is 5.91 Å². The highest BCUT2D eigenvalue weighted by Crippen LogP contribution is 2.22. The smallest absolute Gasteiger partial charge is 0.272 e. The van der Waals surface area contributed by atoms with Crippen molar-refractivity contribution in [3.05, 3.63) is 65.4 Å². The van der Waals surface area contributed by atoms with Gasteiger partial charge in [0.2, 0.25) is 0 Å². The van der Waals surface area contributed by atoms with E-state index in [1.807, 2.05) is 24.3 Å². The molecule has 3 heteroatoms. The molecular weight excluding hydrogens is 296 g/mol. The highest BCUT2D eigenvalue weighted by molar-refractivity contribution is 6.05. The molecule has 3 nitrogen and oxygen atoms in total. The molecule has 124 valence electrons. The lowest BCUT2D eigenvalue weighted by atomic mass is 9.99. The van der Waals surface area contributed by atoms with E-state index in [2.05, 4.69) is 55.3 Å². The maximum absolute atomic E-state index is 12.5. The van der Waals surface area contributed by atoms with Crippen LogP contribution in [0.4, 0.5) is 5.69 Å². The second-order valence-electron chi connectivity index (χ2n) is 6.34. The summed E-state index contributed by atoms with van der Waals surface area (Å²) in [6.07, 6.45) is 2.10. The highest BCUT2D eigenvalue weighted by Gasteiger charge is 2.10. The Bertz CT molecular complexity index is 846. The van der Waals surface area contributed by atoms with Gasteiger partial charge in [-0.1, -0.05) is 39.0 Å². The molecule has 0 saturated heterocycles. The molecule has 1 amide bonds. The molecule has 2 aromatic carbocycles. The van der Waals surface area contributed by atoms with Gasteiger partial charge in [-0.05, 0) is 60.2 Å². The van der Waals surface area contributed by atoms with E-state index in [1.165, 1.54) is 11.1 Å². The average molecular weight is 320 g/mol. The molecular formula is C21H24N2O. The third-order valence-corrected chi connectivity index (χ3v) is 4.69. The molecule has 0 aliphatic carbocycles. The number of aryl methyl sites for hydroxylation is 1. The first-order chi connectivity index (χ1) is 11.6. The summed E-state index contributed by atoms with van der Waals surface area (Å²) < 4.78 is 0. The number of hydrogen-bond donors (Lipinski definition) is 2. The zero-order chi connectivity index (χ0) is 17.1. The minimum absolute atomic E-state index is 0.111. The molecule has 0 aliphatic heterocycles. The maximum atomic E-state index is 12.5. The Morgan fingerprint density at radius 3 is 2.50 bits per heavy atom. The number of carbonyl (C=O) groups is 1. The van der Waals surface area contributed by atoms with Crippen LogP contribution in [0.25, 0.3) is 10.9 Å². The van der Waals surface area contributed by atoms with Gasteiger partial charge in [-0.2, -0.15) is 0 Å². The largest absolute Gasteiger partial charge is 0.351 e. The molecule has 1 heterocycles. The minimum Gasteiger partial charge on any atom is -0.351 e. The van der Waals surface area contributed by atoms with Gasteiger partial charge in [-0.25, -0.2) is 0 Å². The summed E-state index contributed by atoms with van der Waals surface area (Å²) in [5, 5.41) is 4.04. The Morgan fingerprint density at radius 1 is 1.08 bits per heavy atom. The van der Waals surface area contributed by atoms with E-state index in [-0.39, 0.29) is 5.91 Å². The quantitative estimate of drug-likeness (QED) is 0.641. The molecule has 3 rings (SSSR count). The van der Waals surface area contributed by atoms with Gasteiger partial charge in [0, 0.05) is 16.6 Å². The molecule has 2 N–H and O–H groups in total. The Balaban J connectivity index is 1.77. The first-order valence-corrected chi connectivity index (χ1v) is 8.63. The van der Waals surface area contributed by atoms with Crippen LogP contribution in [0.15, 0.2) is 48.5 Å². The van der Waals surface area contributed by atoms with Crippen molar-refractivity contribution in [1.82, 2.24) is 4.98 Å². The number of amides is 1. The Labute approximate surface area is 143 Å². The van der Waals surface area contributed by atoms with E-state index in [1.54, 1.807) is 0 Å². The van der Waals surface area contributed by atoms with Crippen LogP contribution in [0.2, 0.25) is 0 Å². The fourth-order valence-electron chi connectivity index (χ4n) is 2.85. The predicted molar refractivity (Wildman–Crippen MR) is 101 cm³/mol. The Hall–Kier alpha value is -2.55. The molecule has 1 atom stereocenters. The number of rotatable bonds is 5. The monoisotopic (exact) mass is 320 g/mol. The van der Waals surface area contributed by atoms with Crippen LogP contribution in [0, 0.1) is 0 Å². The maximum Gasteiger partial charge on any atom is 0.272 e. The van der Waals surface area contributed by atoms with Crippen molar-refractivity contribution in [2.45, 2.75) is 39.5 Å². The van der Waals surface area contributed by atoms with Crippen LogP contribution in [-0.2, 0) is 6.42 Å². The molecule has 0 spiro atoms. The van der Waals surface area contributed by atoms with Gasteiger partial charge in [0.05, 0.1) is 0 Å². The van der Waals surface area contributed by atoms with Gasteiger partial charge in [-0.3, -0.25) is 4.79 Å². The van der Waals surface area contributed by atoms with Crippen LogP contribution in [-0.4, -0.2) is 10.9 Å². The van der Waals surface area contributed by atoms with Gasteiger partial charge < -0.3 is 10.3 Å². The predicted octanol–water partition coefficient (Wildman–Crippen LogP) is 5.50. The zero-order valence-corrected chi connectivity index (χ0v) is 14.5. The molecule has 0 aliphatic rings. The van der Waals surface area contributed by atoms with Crippen LogP contribution in [0.1, 0.15) is 54.7 Å². The van der Waals surface area contributed by atoms with E-state index in [0.29, 0.717) is 11.6 Å². The Morgan fingerprint density at radius 2 is 1.83 bits per heavy atom. The van der Waals surface area contributed by atoms with Crippen molar-refractivity contribution in [2.75, 3.05) is 5.32 Å². The standard InChI is InChI=1S/C21H24N2O/c1-4-14(3)16-7-9-18(10-8-16)22-21(24)20-13-17-12-15(5-2)6-11-19(17)23-20/h6-14,23H,4-5H2,1-3H3,(H,22,24). The number of aromatic amines is 1. The number of hydrogen-bond acceptors (Lipinski definition) is 1. The van der Waals surface area contributed by atoms with Gasteiger partial charge >= 0.3 is 0 Å². The van der Waals surface area contributed by atoms with Crippen molar-refractivity contribution >= 4 is 22.5 Å². The van der Waals surface area contributed by atoms with Crippen LogP contribution < -0.4 is 5.32 Å². The van der Waals surface area contributed by atoms with Gasteiger partial charge in [0.15, 0.2) is 0 Å². The van der Waals surface area contributed by atoms with E-state index in [0.717, 1.165) is 29.4 Å². The normalized spacial score (nSPS) is 12.3. The summed E-state index contributed by atoms with van der Waals surface area (Å²) in [6, 6.07) is 16.3. The lowest BCUT2D eigenvalue weighted by Crippen LogP contribution is -2.12. The summed E-state index contributed by atoms with van der Waals surface area (Å²) in [4.78, 5) is 15.7. The first-order valence-electron chi connectivity index (χ1n) is 8.63. The molecule has 0 radical (unpaired) electrons. The number of aromatic nitrogens is 1. The Kier molecular flexibility index (Phi) is 4.70. The van der Waals surface area contributed by atoms with Crippen molar-refractivity contribution in [3.63, 3.8) is 0 Å². The van der Waals surface area contributed by atoms with Crippen molar-refractivity contribution < 1.29 is 4.79 Å². The number of H-pyrrole nitrogens is 1. The van der Waals surface area contributed by atoms with Crippen LogP contribution in [0.5, 0.6) is 0 Å². The number of nitrogens with one attached hydrogen (secondary N) is 2. The zero-order valence-electron chi connectivity index (χ0n) is 14.5. The molecule has 0 fully saturated rings. The third-order valence-electron chi connectivity index (χ3n) is 4.69. The SMILES string of the molecule is CCc1ccc2[nH]c(C(=O)Nc3ccc(C(C)CC)cc3)cc2c1. The lowest BCUT2D eigenvalue weighted by Gasteiger charge is -2.10. The van der Waals surface area contributed by atoms with E-state index < -0.39 is 0 Å². The minimum atomic E-state index is -0.111. The van der Waals surface area contributed by atoms with Crippen LogP contribution in [0.3, 0.4) is 0 Å².